The van der Waals surface area contributed by atoms with Crippen LogP contribution in [0.2, 0.25) is 0 Å². The Morgan fingerprint density at radius 2 is 2.13 bits per heavy atom. The van der Waals surface area contributed by atoms with Crippen molar-refractivity contribution >= 4 is 5.97 Å². The molecule has 0 spiro atoms. The third kappa shape index (κ3) is 3.12. The number of nitrogens with one attached hydrogen (secondary N) is 1. The van der Waals surface area contributed by atoms with Crippen LogP contribution in [0.15, 0.2) is 0 Å². The summed E-state index contributed by atoms with van der Waals surface area (Å²) in [7, 11) is 0. The minimum absolute atomic E-state index is 0.220. The van der Waals surface area contributed by atoms with Gasteiger partial charge in [-0.15, -0.1) is 0 Å². The van der Waals surface area contributed by atoms with Gasteiger partial charge in [0.2, 0.25) is 0 Å². The van der Waals surface area contributed by atoms with Crippen LogP contribution >= 0.6 is 0 Å². The van der Waals surface area contributed by atoms with E-state index in [2.05, 4.69) is 10.1 Å². The molecule has 88 valence electrons. The molecule has 15 heavy (non-hydrogen) atoms. The van der Waals surface area contributed by atoms with Crippen LogP contribution in [0.25, 0.3) is 0 Å². The van der Waals surface area contributed by atoms with Gasteiger partial charge in [-0.05, 0) is 12.8 Å². The lowest BCUT2D eigenvalue weighted by atomic mass is 10.1. The van der Waals surface area contributed by atoms with Crippen molar-refractivity contribution in [2.75, 3.05) is 6.54 Å². The Labute approximate surface area is 88.2 Å². The normalized spacial score (nSPS) is 26.8. The summed E-state index contributed by atoms with van der Waals surface area (Å²) in [4.78, 5) is 10.7. The van der Waals surface area contributed by atoms with Crippen LogP contribution in [0.3, 0.4) is 0 Å². The summed E-state index contributed by atoms with van der Waals surface area (Å²) >= 11 is 0. The van der Waals surface area contributed by atoms with Crippen molar-refractivity contribution in [3.05, 3.63) is 0 Å². The highest BCUT2D eigenvalue weighted by molar-refractivity contribution is 5.79. The molecule has 0 aliphatic carbocycles. The third-order valence-electron chi connectivity index (χ3n) is 2.72. The summed E-state index contributed by atoms with van der Waals surface area (Å²) in [5.74, 6) is -4.28. The first-order chi connectivity index (χ1) is 6.83. The molecule has 0 aromatic carbocycles. The van der Waals surface area contributed by atoms with Crippen molar-refractivity contribution in [3.63, 3.8) is 0 Å². The molecular weight excluding hydrogens is 204 g/mol. The zero-order valence-corrected chi connectivity index (χ0v) is 9.22. The summed E-state index contributed by atoms with van der Waals surface area (Å²) in [5, 5.41) is 3.07. The molecule has 5 heteroatoms. The van der Waals surface area contributed by atoms with E-state index >= 15 is 0 Å². The molecule has 1 aliphatic heterocycles. The number of rotatable bonds is 4. The van der Waals surface area contributed by atoms with E-state index in [1.54, 1.807) is 0 Å². The number of hydrogen-bond donors (Lipinski definition) is 1. The molecule has 0 radical (unpaired) electrons. The van der Waals surface area contributed by atoms with Crippen LogP contribution < -0.4 is 5.32 Å². The number of carbonyl (C=O) groups excluding carboxylic acids is 1. The monoisotopic (exact) mass is 221 g/mol. The van der Waals surface area contributed by atoms with Crippen LogP contribution in [0, 0.1) is 5.92 Å². The number of hydrogen-bond acceptors (Lipinski definition) is 3. The summed E-state index contributed by atoms with van der Waals surface area (Å²) in [6, 6.07) is 0.220. The molecule has 2 atom stereocenters. The van der Waals surface area contributed by atoms with Gasteiger partial charge in [-0.1, -0.05) is 13.8 Å². The Morgan fingerprint density at radius 3 is 2.53 bits per heavy atom. The average Bonchev–Trinajstić information content (AvgIpc) is 2.36. The quantitative estimate of drug-likeness (QED) is 0.732. The minimum atomic E-state index is -3.30. The van der Waals surface area contributed by atoms with Gasteiger partial charge in [-0.25, -0.2) is 4.79 Å². The van der Waals surface area contributed by atoms with E-state index in [1.807, 2.05) is 20.8 Å². The topological polar surface area (TPSA) is 38.3 Å². The number of halogens is 2. The Balaban J connectivity index is 2.34. The number of carbonyl (C=O) groups is 1. The average molecular weight is 221 g/mol. The van der Waals surface area contributed by atoms with Gasteiger partial charge in [0.15, 0.2) is 0 Å². The predicted octanol–water partition coefficient (Wildman–Crippen LogP) is 1.57. The van der Waals surface area contributed by atoms with Crippen molar-refractivity contribution < 1.29 is 18.3 Å². The van der Waals surface area contributed by atoms with E-state index in [0.717, 1.165) is 0 Å². The van der Waals surface area contributed by atoms with Gasteiger partial charge in [0.1, 0.15) is 6.10 Å². The molecule has 0 amide bonds. The van der Waals surface area contributed by atoms with Gasteiger partial charge in [0.05, 0.1) is 6.42 Å². The van der Waals surface area contributed by atoms with Gasteiger partial charge in [0.25, 0.3) is 0 Å². The second-order valence-corrected chi connectivity index (χ2v) is 4.38. The highest BCUT2D eigenvalue weighted by atomic mass is 19.3. The highest BCUT2D eigenvalue weighted by Gasteiger charge is 2.50. The van der Waals surface area contributed by atoms with Gasteiger partial charge in [0, 0.05) is 12.6 Å². The fourth-order valence-electron chi connectivity index (χ4n) is 1.32. The van der Waals surface area contributed by atoms with E-state index < -0.39 is 24.4 Å². The Hall–Kier alpha value is -0.710. The predicted molar refractivity (Wildman–Crippen MR) is 51.7 cm³/mol. The molecule has 1 N–H and O–H groups in total. The fourth-order valence-corrected chi connectivity index (χ4v) is 1.32. The number of cyclic esters (lactones) is 1. The van der Waals surface area contributed by atoms with E-state index in [9.17, 15) is 13.6 Å². The molecule has 1 aliphatic rings. The van der Waals surface area contributed by atoms with Gasteiger partial charge in [-0.3, -0.25) is 0 Å². The van der Waals surface area contributed by atoms with Gasteiger partial charge < -0.3 is 10.1 Å². The lowest BCUT2D eigenvalue weighted by Crippen LogP contribution is -2.36. The fraction of sp³-hybridized carbons (Fsp3) is 0.900. The molecule has 1 rings (SSSR count). The first-order valence-corrected chi connectivity index (χ1v) is 5.15. The van der Waals surface area contributed by atoms with Crippen molar-refractivity contribution in [1.29, 1.82) is 0 Å². The maximum absolute atomic E-state index is 12.8. The molecule has 2 unspecified atom stereocenters. The van der Waals surface area contributed by atoms with Crippen molar-refractivity contribution in [3.8, 4) is 0 Å². The number of esters is 1. The first-order valence-electron chi connectivity index (χ1n) is 5.15. The van der Waals surface area contributed by atoms with Crippen LogP contribution in [-0.4, -0.2) is 30.6 Å². The summed E-state index contributed by atoms with van der Waals surface area (Å²) in [6.45, 7) is 6.33. The lowest BCUT2D eigenvalue weighted by molar-refractivity contribution is -0.159. The van der Waals surface area contributed by atoms with E-state index in [1.165, 1.54) is 0 Å². The number of ether oxygens (including phenoxy) is 1. The van der Waals surface area contributed by atoms with Crippen molar-refractivity contribution in [1.82, 2.24) is 5.32 Å². The zero-order chi connectivity index (χ0) is 11.6. The molecule has 1 saturated heterocycles. The summed E-state index contributed by atoms with van der Waals surface area (Å²) in [6.07, 6.45) is -1.21. The standard InChI is InChI=1S/C10H17F2NO2/c1-6(2)7(3)13-5-8-4-10(11,12)9(14)15-8/h6-8,13H,4-5H2,1-3H3. The highest BCUT2D eigenvalue weighted by Crippen LogP contribution is 2.30. The summed E-state index contributed by atoms with van der Waals surface area (Å²) in [5.41, 5.74) is 0. The molecule has 0 aromatic heterocycles. The minimum Gasteiger partial charge on any atom is -0.456 e. The Morgan fingerprint density at radius 1 is 1.53 bits per heavy atom. The second-order valence-electron chi connectivity index (χ2n) is 4.38. The van der Waals surface area contributed by atoms with E-state index in [-0.39, 0.29) is 6.04 Å². The largest absolute Gasteiger partial charge is 0.456 e. The molecule has 1 heterocycles. The molecule has 0 saturated carbocycles. The molecule has 0 aromatic rings. The third-order valence-corrected chi connectivity index (χ3v) is 2.72. The van der Waals surface area contributed by atoms with Crippen molar-refractivity contribution in [2.45, 2.75) is 45.3 Å². The molecule has 3 nitrogen and oxygen atoms in total. The Kier molecular flexibility index (Phi) is 3.65. The molecule has 1 fully saturated rings. The Bertz CT molecular complexity index is 244. The first kappa shape index (κ1) is 12.4. The van der Waals surface area contributed by atoms with E-state index in [0.29, 0.717) is 12.5 Å². The maximum Gasteiger partial charge on any atom is 0.377 e. The smallest absolute Gasteiger partial charge is 0.377 e. The van der Waals surface area contributed by atoms with Crippen LogP contribution in [-0.2, 0) is 9.53 Å². The maximum atomic E-state index is 12.8. The van der Waals surface area contributed by atoms with Crippen LogP contribution in [0.1, 0.15) is 27.2 Å². The second kappa shape index (κ2) is 4.43. The van der Waals surface area contributed by atoms with Crippen molar-refractivity contribution in [2.24, 2.45) is 5.92 Å². The SMILES string of the molecule is CC(C)C(C)NCC1CC(F)(F)C(=O)O1. The van der Waals surface area contributed by atoms with Gasteiger partial charge >= 0.3 is 11.9 Å². The van der Waals surface area contributed by atoms with E-state index in [4.69, 9.17) is 0 Å². The van der Waals surface area contributed by atoms with Crippen LogP contribution in [0.4, 0.5) is 8.78 Å². The number of alkyl halides is 2. The molecular formula is C10H17F2NO2. The molecule has 0 bridgehead atoms. The zero-order valence-electron chi connectivity index (χ0n) is 9.22. The lowest BCUT2D eigenvalue weighted by Gasteiger charge is -2.19. The summed E-state index contributed by atoms with van der Waals surface area (Å²) < 4.78 is 30.1. The van der Waals surface area contributed by atoms with Crippen LogP contribution in [0.5, 0.6) is 0 Å². The van der Waals surface area contributed by atoms with Gasteiger partial charge in [-0.2, -0.15) is 8.78 Å².